The minimum atomic E-state index is 0.198. The molecular weight excluding hydrogens is 300 g/mol. The number of Topliss-reactive ketones (excluding diaryl/α,β-unsaturated/α-hetero) is 1. The lowest BCUT2D eigenvalue weighted by Gasteiger charge is -2.55. The molecule has 0 amide bonds. The Morgan fingerprint density at radius 1 is 1.29 bits per heavy atom. The van der Waals surface area contributed by atoms with Crippen LogP contribution in [0.2, 0.25) is 0 Å². The first-order valence-electron chi connectivity index (χ1n) is 10.0. The third-order valence-electron chi connectivity index (χ3n) is 7.28. The van der Waals surface area contributed by atoms with Crippen LogP contribution < -0.4 is 10.7 Å². The number of nitrogens with zero attached hydrogens (tertiary/aromatic N) is 2. The third kappa shape index (κ3) is 2.56. The first kappa shape index (κ1) is 17.0. The van der Waals surface area contributed by atoms with E-state index in [4.69, 9.17) is 0 Å². The van der Waals surface area contributed by atoms with Crippen LogP contribution in [0.25, 0.3) is 0 Å². The Bertz CT molecular complexity index is 496. The fraction of sp³-hybridized carbons (Fsp3) is 0.947. The number of hydrogen-bond acceptors (Lipinski definition) is 5. The summed E-state index contributed by atoms with van der Waals surface area (Å²) in [5, 5.41) is 6.24. The van der Waals surface area contributed by atoms with Crippen molar-refractivity contribution in [1.29, 1.82) is 0 Å². The quantitative estimate of drug-likeness (QED) is 0.799. The summed E-state index contributed by atoms with van der Waals surface area (Å²) < 4.78 is 0. The van der Waals surface area contributed by atoms with E-state index in [0.717, 1.165) is 25.9 Å². The monoisotopic (exact) mass is 334 g/mol. The van der Waals surface area contributed by atoms with Gasteiger partial charge in [0.2, 0.25) is 0 Å². The van der Waals surface area contributed by atoms with E-state index in [2.05, 4.69) is 41.4 Å². The van der Waals surface area contributed by atoms with Gasteiger partial charge in [0.05, 0.1) is 0 Å². The number of carbonyl (C=O) groups is 1. The minimum Gasteiger partial charge on any atom is -0.316 e. The molecule has 3 heterocycles. The molecule has 0 aromatic rings. The van der Waals surface area contributed by atoms with Gasteiger partial charge in [-0.05, 0) is 59.0 Å². The zero-order valence-corrected chi connectivity index (χ0v) is 15.6. The van der Waals surface area contributed by atoms with Crippen molar-refractivity contribution < 1.29 is 4.79 Å². The zero-order valence-electron chi connectivity index (χ0n) is 15.6. The first-order chi connectivity index (χ1) is 11.5. The van der Waals surface area contributed by atoms with Gasteiger partial charge in [0.1, 0.15) is 5.78 Å². The lowest BCUT2D eigenvalue weighted by molar-refractivity contribution is -0.133. The molecule has 1 aliphatic carbocycles. The Balaban J connectivity index is 1.64. The predicted octanol–water partition coefficient (Wildman–Crippen LogP) is 1.40. The molecule has 3 saturated heterocycles. The highest BCUT2D eigenvalue weighted by molar-refractivity contribution is 5.80. The molecule has 3 aliphatic heterocycles. The fourth-order valence-electron chi connectivity index (χ4n) is 6.11. The maximum atomic E-state index is 12.3. The third-order valence-corrected chi connectivity index (χ3v) is 7.28. The van der Waals surface area contributed by atoms with E-state index in [1.54, 1.807) is 0 Å². The molecule has 24 heavy (non-hydrogen) atoms. The van der Waals surface area contributed by atoms with Gasteiger partial charge < -0.3 is 5.32 Å². The molecular formula is C19H34N4O. The number of ketones is 1. The molecule has 5 unspecified atom stereocenters. The number of nitrogens with one attached hydrogen (secondary N) is 2. The van der Waals surface area contributed by atoms with E-state index in [9.17, 15) is 4.79 Å². The Morgan fingerprint density at radius 2 is 2.12 bits per heavy atom. The van der Waals surface area contributed by atoms with Gasteiger partial charge in [0, 0.05) is 55.5 Å². The molecule has 0 bridgehead atoms. The van der Waals surface area contributed by atoms with E-state index in [1.165, 1.54) is 32.4 Å². The van der Waals surface area contributed by atoms with Crippen LogP contribution in [-0.2, 0) is 4.79 Å². The van der Waals surface area contributed by atoms with Crippen molar-refractivity contribution in [3.8, 4) is 0 Å². The van der Waals surface area contributed by atoms with Crippen LogP contribution in [0.1, 0.15) is 52.9 Å². The van der Waals surface area contributed by atoms with Gasteiger partial charge in [-0.15, -0.1) is 0 Å². The molecule has 4 aliphatic rings. The fourth-order valence-corrected chi connectivity index (χ4v) is 6.11. The molecule has 4 fully saturated rings. The molecule has 0 radical (unpaired) electrons. The molecule has 5 atom stereocenters. The van der Waals surface area contributed by atoms with Crippen LogP contribution >= 0.6 is 0 Å². The van der Waals surface area contributed by atoms with E-state index in [-0.39, 0.29) is 5.54 Å². The van der Waals surface area contributed by atoms with Crippen molar-refractivity contribution >= 4 is 5.78 Å². The second-order valence-corrected chi connectivity index (χ2v) is 8.87. The maximum absolute atomic E-state index is 12.3. The molecule has 0 aromatic heterocycles. The van der Waals surface area contributed by atoms with E-state index >= 15 is 0 Å². The van der Waals surface area contributed by atoms with E-state index < -0.39 is 0 Å². The van der Waals surface area contributed by atoms with Gasteiger partial charge in [0.15, 0.2) is 0 Å². The summed E-state index contributed by atoms with van der Waals surface area (Å²) in [4.78, 5) is 15.0. The summed E-state index contributed by atoms with van der Waals surface area (Å²) in [6, 6.07) is 1.63. The Hall–Kier alpha value is -0.490. The first-order valence-corrected chi connectivity index (χ1v) is 10.0. The zero-order chi connectivity index (χ0) is 16.9. The average molecular weight is 335 g/mol. The lowest BCUT2D eigenvalue weighted by Crippen LogP contribution is -2.68. The minimum absolute atomic E-state index is 0.198. The van der Waals surface area contributed by atoms with Crippen LogP contribution in [0.5, 0.6) is 0 Å². The normalized spacial score (nSPS) is 44.6. The molecule has 1 spiro atoms. The number of hydrazine groups is 1. The van der Waals surface area contributed by atoms with Gasteiger partial charge in [-0.1, -0.05) is 0 Å². The second kappa shape index (κ2) is 6.35. The molecule has 4 rings (SSSR count). The second-order valence-electron chi connectivity index (χ2n) is 8.87. The van der Waals surface area contributed by atoms with Crippen molar-refractivity contribution in [2.75, 3.05) is 26.2 Å². The summed E-state index contributed by atoms with van der Waals surface area (Å²) in [6.07, 6.45) is 5.31. The topological polar surface area (TPSA) is 47.6 Å². The summed E-state index contributed by atoms with van der Waals surface area (Å²) in [5.74, 6) is 1.44. The van der Waals surface area contributed by atoms with Gasteiger partial charge >= 0.3 is 0 Å². The van der Waals surface area contributed by atoms with E-state index in [0.29, 0.717) is 35.7 Å². The molecule has 0 aromatic carbocycles. The van der Waals surface area contributed by atoms with Gasteiger partial charge in [-0.2, -0.15) is 0 Å². The van der Waals surface area contributed by atoms with Crippen molar-refractivity contribution in [1.82, 2.24) is 20.7 Å². The smallest absolute Gasteiger partial charge is 0.133 e. The molecule has 2 N–H and O–H groups in total. The van der Waals surface area contributed by atoms with Crippen LogP contribution in [0.3, 0.4) is 0 Å². The molecule has 5 heteroatoms. The number of hydrogen-bond donors (Lipinski definition) is 2. The highest BCUT2D eigenvalue weighted by atomic mass is 16.1. The predicted molar refractivity (Wildman–Crippen MR) is 95.6 cm³/mol. The Kier molecular flexibility index (Phi) is 4.48. The van der Waals surface area contributed by atoms with Crippen LogP contribution in [0.4, 0.5) is 0 Å². The highest BCUT2D eigenvalue weighted by Crippen LogP contribution is 2.50. The van der Waals surface area contributed by atoms with Crippen molar-refractivity contribution in [3.63, 3.8) is 0 Å². The Labute approximate surface area is 146 Å². The van der Waals surface area contributed by atoms with Gasteiger partial charge in [-0.3, -0.25) is 15.1 Å². The summed E-state index contributed by atoms with van der Waals surface area (Å²) in [6.45, 7) is 11.4. The number of carbonyl (C=O) groups excluding carboxylic acids is 1. The molecule has 136 valence electrons. The van der Waals surface area contributed by atoms with Gasteiger partial charge in [-0.25, -0.2) is 5.01 Å². The van der Waals surface area contributed by atoms with Crippen LogP contribution in [-0.4, -0.2) is 65.5 Å². The number of likely N-dealkylation sites (tertiary alicyclic amines) is 1. The largest absolute Gasteiger partial charge is 0.316 e. The standard InChI is InChI=1S/C19H34N4O/c1-13(2)22-8-4-5-16(12-22)23-19-6-7-20-11-15(19)9-17(24)10-18(19)14(3)21-23/h13-16,18,20-21H,4-12H2,1-3H3. The number of piperidine rings is 2. The SMILES string of the molecule is CC1NN(C2CCCN(C(C)C)C2)C23CCNCC2CC(=O)CC13. The van der Waals surface area contributed by atoms with Crippen molar-refractivity contribution in [2.45, 2.75) is 76.5 Å². The van der Waals surface area contributed by atoms with Gasteiger partial charge in [0.25, 0.3) is 0 Å². The summed E-state index contributed by atoms with van der Waals surface area (Å²) >= 11 is 0. The average Bonchev–Trinajstić information content (AvgIpc) is 2.85. The molecule has 5 nitrogen and oxygen atoms in total. The highest BCUT2D eigenvalue weighted by Gasteiger charge is 2.61. The summed E-state index contributed by atoms with van der Waals surface area (Å²) in [5.41, 5.74) is 4.06. The lowest BCUT2D eigenvalue weighted by atomic mass is 9.61. The number of rotatable bonds is 2. The Morgan fingerprint density at radius 3 is 2.92 bits per heavy atom. The van der Waals surface area contributed by atoms with Crippen molar-refractivity contribution in [3.05, 3.63) is 0 Å². The van der Waals surface area contributed by atoms with E-state index in [1.807, 2.05) is 0 Å². The summed E-state index contributed by atoms with van der Waals surface area (Å²) in [7, 11) is 0. The molecule has 1 saturated carbocycles. The van der Waals surface area contributed by atoms with Crippen molar-refractivity contribution in [2.24, 2.45) is 11.8 Å². The van der Waals surface area contributed by atoms with Crippen LogP contribution in [0, 0.1) is 11.8 Å². The maximum Gasteiger partial charge on any atom is 0.133 e. The van der Waals surface area contributed by atoms with Crippen LogP contribution in [0.15, 0.2) is 0 Å².